The van der Waals surface area contributed by atoms with E-state index in [2.05, 4.69) is 33.1 Å². The van der Waals surface area contributed by atoms with Gasteiger partial charge in [0.2, 0.25) is 5.91 Å². The zero-order chi connectivity index (χ0) is 17.6. The number of aliphatic imine (C=N–C) groups is 1. The molecule has 0 atom stereocenters. The third-order valence-corrected chi connectivity index (χ3v) is 4.26. The van der Waals surface area contributed by atoms with E-state index in [0.717, 1.165) is 45.6 Å². The standard InChI is InChI=1S/C17H30N4O2S/c1-4-23-12-6-5-10-18-17(20-14-16(22)21(2)3)19-11-9-15-8-7-13-24-15/h7-8,13H,4-6,9-12,14H2,1-3H3,(H2,18,19,20). The first-order chi connectivity index (χ1) is 11.6. The lowest BCUT2D eigenvalue weighted by Gasteiger charge is -2.13. The van der Waals surface area contributed by atoms with Crippen LogP contribution in [0, 0.1) is 0 Å². The fourth-order valence-corrected chi connectivity index (χ4v) is 2.61. The molecule has 1 aromatic rings. The molecule has 1 heterocycles. The van der Waals surface area contributed by atoms with Gasteiger partial charge < -0.3 is 20.3 Å². The summed E-state index contributed by atoms with van der Waals surface area (Å²) < 4.78 is 5.33. The lowest BCUT2D eigenvalue weighted by molar-refractivity contribution is -0.127. The Bertz CT molecular complexity index is 475. The molecule has 1 amide bonds. The molecule has 0 aromatic carbocycles. The highest BCUT2D eigenvalue weighted by Gasteiger charge is 2.04. The molecule has 0 radical (unpaired) electrons. The first-order valence-electron chi connectivity index (χ1n) is 8.46. The predicted molar refractivity (Wildman–Crippen MR) is 101 cm³/mol. The van der Waals surface area contributed by atoms with Crippen LogP contribution in [0.2, 0.25) is 0 Å². The first-order valence-corrected chi connectivity index (χ1v) is 9.34. The summed E-state index contributed by atoms with van der Waals surface area (Å²) in [5.41, 5.74) is 0. The fraction of sp³-hybridized carbons (Fsp3) is 0.647. The number of guanidine groups is 1. The summed E-state index contributed by atoms with van der Waals surface area (Å²) in [6.45, 7) is 5.31. The SMILES string of the molecule is CCOCCCCNC(=NCC(=O)N(C)C)NCCc1cccs1. The minimum absolute atomic E-state index is 0.00861. The van der Waals surface area contributed by atoms with Crippen molar-refractivity contribution in [2.24, 2.45) is 4.99 Å². The lowest BCUT2D eigenvalue weighted by Crippen LogP contribution is -2.40. The van der Waals surface area contributed by atoms with E-state index < -0.39 is 0 Å². The van der Waals surface area contributed by atoms with Crippen LogP contribution in [0.15, 0.2) is 22.5 Å². The van der Waals surface area contributed by atoms with Crippen molar-refractivity contribution in [1.82, 2.24) is 15.5 Å². The van der Waals surface area contributed by atoms with Crippen molar-refractivity contribution in [2.75, 3.05) is 46.9 Å². The summed E-state index contributed by atoms with van der Waals surface area (Å²) in [6, 6.07) is 4.18. The van der Waals surface area contributed by atoms with Crippen LogP contribution >= 0.6 is 11.3 Å². The van der Waals surface area contributed by atoms with E-state index in [4.69, 9.17) is 4.74 Å². The van der Waals surface area contributed by atoms with Crippen molar-refractivity contribution in [3.63, 3.8) is 0 Å². The number of rotatable bonds is 11. The van der Waals surface area contributed by atoms with Gasteiger partial charge in [-0.1, -0.05) is 6.07 Å². The second-order valence-electron chi connectivity index (χ2n) is 5.54. The third kappa shape index (κ3) is 9.52. The maximum atomic E-state index is 11.7. The Kier molecular flexibility index (Phi) is 10.9. The maximum Gasteiger partial charge on any atom is 0.243 e. The number of unbranched alkanes of at least 4 members (excludes halogenated alkanes) is 1. The molecule has 0 fully saturated rings. The molecule has 0 aliphatic heterocycles. The van der Waals surface area contributed by atoms with Crippen LogP contribution in [-0.2, 0) is 16.0 Å². The second-order valence-corrected chi connectivity index (χ2v) is 6.57. The van der Waals surface area contributed by atoms with E-state index in [-0.39, 0.29) is 12.5 Å². The Morgan fingerprint density at radius 1 is 1.29 bits per heavy atom. The Hall–Kier alpha value is -1.60. The molecule has 136 valence electrons. The van der Waals surface area contributed by atoms with Crippen molar-refractivity contribution in [2.45, 2.75) is 26.2 Å². The van der Waals surface area contributed by atoms with Crippen LogP contribution in [0.25, 0.3) is 0 Å². The molecular formula is C17H30N4O2S. The number of carbonyl (C=O) groups excluding carboxylic acids is 1. The zero-order valence-corrected chi connectivity index (χ0v) is 15.8. The number of hydrogen-bond acceptors (Lipinski definition) is 4. The van der Waals surface area contributed by atoms with Gasteiger partial charge in [0.1, 0.15) is 6.54 Å². The van der Waals surface area contributed by atoms with Crippen LogP contribution in [0.5, 0.6) is 0 Å². The minimum atomic E-state index is -0.00861. The van der Waals surface area contributed by atoms with Crippen LogP contribution in [-0.4, -0.2) is 63.7 Å². The Labute approximate surface area is 149 Å². The van der Waals surface area contributed by atoms with Gasteiger partial charge in [0.25, 0.3) is 0 Å². The number of nitrogens with one attached hydrogen (secondary N) is 2. The van der Waals surface area contributed by atoms with Crippen LogP contribution < -0.4 is 10.6 Å². The number of carbonyl (C=O) groups is 1. The topological polar surface area (TPSA) is 66.0 Å². The second kappa shape index (κ2) is 12.8. The van der Waals surface area contributed by atoms with Gasteiger partial charge in [-0.25, -0.2) is 4.99 Å². The van der Waals surface area contributed by atoms with Gasteiger partial charge in [-0.05, 0) is 37.6 Å². The first kappa shape index (κ1) is 20.4. The van der Waals surface area contributed by atoms with Gasteiger partial charge in [0.05, 0.1) is 0 Å². The van der Waals surface area contributed by atoms with E-state index in [1.54, 1.807) is 30.3 Å². The fourth-order valence-electron chi connectivity index (χ4n) is 1.90. The van der Waals surface area contributed by atoms with Gasteiger partial charge in [-0.2, -0.15) is 0 Å². The van der Waals surface area contributed by atoms with Gasteiger partial charge in [0.15, 0.2) is 5.96 Å². The highest BCUT2D eigenvalue weighted by molar-refractivity contribution is 7.09. The number of nitrogens with zero attached hydrogens (tertiary/aromatic N) is 2. The molecule has 0 bridgehead atoms. The van der Waals surface area contributed by atoms with Crippen molar-refractivity contribution in [1.29, 1.82) is 0 Å². The Morgan fingerprint density at radius 2 is 2.08 bits per heavy atom. The molecule has 0 aliphatic rings. The summed E-state index contributed by atoms with van der Waals surface area (Å²) >= 11 is 1.75. The molecule has 0 saturated carbocycles. The number of likely N-dealkylation sites (N-methyl/N-ethyl adjacent to an activating group) is 1. The monoisotopic (exact) mass is 354 g/mol. The number of ether oxygens (including phenoxy) is 1. The summed E-state index contributed by atoms with van der Waals surface area (Å²) in [6.07, 6.45) is 2.97. The highest BCUT2D eigenvalue weighted by atomic mass is 32.1. The van der Waals surface area contributed by atoms with E-state index in [0.29, 0.717) is 5.96 Å². The van der Waals surface area contributed by atoms with Crippen molar-refractivity contribution in [3.05, 3.63) is 22.4 Å². The smallest absolute Gasteiger partial charge is 0.243 e. The molecule has 2 N–H and O–H groups in total. The normalized spacial score (nSPS) is 11.4. The van der Waals surface area contributed by atoms with Gasteiger partial charge >= 0.3 is 0 Å². The van der Waals surface area contributed by atoms with E-state index >= 15 is 0 Å². The average Bonchev–Trinajstić information content (AvgIpc) is 3.08. The van der Waals surface area contributed by atoms with E-state index in [1.165, 1.54) is 4.88 Å². The summed E-state index contributed by atoms with van der Waals surface area (Å²) in [5.74, 6) is 0.684. The number of hydrogen-bond donors (Lipinski definition) is 2. The summed E-state index contributed by atoms with van der Waals surface area (Å²) in [5, 5.41) is 8.67. The molecule has 24 heavy (non-hydrogen) atoms. The van der Waals surface area contributed by atoms with E-state index in [9.17, 15) is 4.79 Å². The Morgan fingerprint density at radius 3 is 2.75 bits per heavy atom. The largest absolute Gasteiger partial charge is 0.382 e. The minimum Gasteiger partial charge on any atom is -0.382 e. The van der Waals surface area contributed by atoms with Crippen molar-refractivity contribution in [3.8, 4) is 0 Å². The van der Waals surface area contributed by atoms with Crippen LogP contribution in [0.3, 0.4) is 0 Å². The van der Waals surface area contributed by atoms with E-state index in [1.807, 2.05) is 6.92 Å². The van der Waals surface area contributed by atoms with Crippen molar-refractivity contribution >= 4 is 23.2 Å². The maximum absolute atomic E-state index is 11.7. The molecule has 7 heteroatoms. The molecule has 0 aliphatic carbocycles. The van der Waals surface area contributed by atoms with Crippen molar-refractivity contribution < 1.29 is 9.53 Å². The number of thiophene rings is 1. The predicted octanol–water partition coefficient (Wildman–Crippen LogP) is 1.73. The quantitative estimate of drug-likeness (QED) is 0.361. The summed E-state index contributed by atoms with van der Waals surface area (Å²) in [7, 11) is 3.48. The molecule has 1 aromatic heterocycles. The van der Waals surface area contributed by atoms with Gasteiger partial charge in [0, 0.05) is 45.3 Å². The Balaban J connectivity index is 2.36. The van der Waals surface area contributed by atoms with Crippen LogP contribution in [0.4, 0.5) is 0 Å². The average molecular weight is 355 g/mol. The highest BCUT2D eigenvalue weighted by Crippen LogP contribution is 2.07. The third-order valence-electron chi connectivity index (χ3n) is 3.33. The van der Waals surface area contributed by atoms with Gasteiger partial charge in [-0.3, -0.25) is 4.79 Å². The molecule has 0 unspecified atom stereocenters. The molecular weight excluding hydrogens is 324 g/mol. The molecule has 1 rings (SSSR count). The van der Waals surface area contributed by atoms with Crippen LogP contribution in [0.1, 0.15) is 24.6 Å². The molecule has 6 nitrogen and oxygen atoms in total. The zero-order valence-electron chi connectivity index (χ0n) is 15.0. The lowest BCUT2D eigenvalue weighted by atomic mass is 10.3. The molecule has 0 saturated heterocycles. The summed E-state index contributed by atoms with van der Waals surface area (Å²) in [4.78, 5) is 19.0. The number of amides is 1. The van der Waals surface area contributed by atoms with Gasteiger partial charge in [-0.15, -0.1) is 11.3 Å². The molecule has 0 spiro atoms.